The van der Waals surface area contributed by atoms with Gasteiger partial charge in [-0.15, -0.1) is 10.2 Å². The van der Waals surface area contributed by atoms with Crippen molar-refractivity contribution in [1.82, 2.24) is 20.2 Å². The Labute approximate surface area is 174 Å². The Morgan fingerprint density at radius 3 is 2.66 bits per heavy atom. The molecule has 0 saturated carbocycles. The van der Waals surface area contributed by atoms with Crippen molar-refractivity contribution < 1.29 is 22.5 Å². The number of pyridine rings is 2. The highest BCUT2D eigenvalue weighted by Gasteiger charge is 2.21. The van der Waals surface area contributed by atoms with E-state index in [1.807, 2.05) is 0 Å². The number of amides is 1. The zero-order valence-corrected chi connectivity index (χ0v) is 17.2. The fraction of sp³-hybridized carbons (Fsp3) is 0.188. The van der Waals surface area contributed by atoms with Crippen LogP contribution in [0.25, 0.3) is 11.1 Å². The number of ether oxygens (including phenoxy) is 1. The van der Waals surface area contributed by atoms with Crippen LogP contribution in [0.3, 0.4) is 0 Å². The summed E-state index contributed by atoms with van der Waals surface area (Å²) in [5.41, 5.74) is 1.01. The van der Waals surface area contributed by atoms with Gasteiger partial charge in [-0.05, 0) is 19.1 Å². The predicted octanol–water partition coefficient (Wildman–Crippen LogP) is 3.55. The van der Waals surface area contributed by atoms with Crippen LogP contribution in [0.15, 0.2) is 28.9 Å². The van der Waals surface area contributed by atoms with Gasteiger partial charge in [-0.1, -0.05) is 22.9 Å². The summed E-state index contributed by atoms with van der Waals surface area (Å²) in [7, 11) is -1.34. The van der Waals surface area contributed by atoms with Crippen molar-refractivity contribution in [2.45, 2.75) is 17.9 Å². The van der Waals surface area contributed by atoms with Crippen LogP contribution in [0.4, 0.5) is 13.9 Å². The van der Waals surface area contributed by atoms with Gasteiger partial charge in [-0.25, -0.2) is 4.98 Å². The quantitative estimate of drug-likeness (QED) is 0.443. The fourth-order valence-electron chi connectivity index (χ4n) is 2.32. The van der Waals surface area contributed by atoms with E-state index in [1.165, 1.54) is 24.6 Å². The summed E-state index contributed by atoms with van der Waals surface area (Å²) in [5, 5.41) is 10.2. The predicted molar refractivity (Wildman–Crippen MR) is 104 cm³/mol. The molecule has 0 radical (unpaired) electrons. The largest absolute Gasteiger partial charge is 0.433 e. The smallest absolute Gasteiger partial charge is 0.387 e. The van der Waals surface area contributed by atoms with Gasteiger partial charge in [0.2, 0.25) is 9.47 Å². The molecule has 1 unspecified atom stereocenters. The van der Waals surface area contributed by atoms with E-state index in [9.17, 15) is 17.8 Å². The molecule has 3 rings (SSSR count). The second kappa shape index (κ2) is 8.84. The van der Waals surface area contributed by atoms with E-state index < -0.39 is 23.3 Å². The maximum absolute atomic E-state index is 12.8. The summed E-state index contributed by atoms with van der Waals surface area (Å²) in [4.78, 5) is 20.6. The van der Waals surface area contributed by atoms with Crippen molar-refractivity contribution in [1.29, 1.82) is 0 Å². The number of aryl methyl sites for hydroxylation is 1. The Bertz CT molecular complexity index is 1100. The standard InChI is InChI=1S/C16H12ClF2N5O3S2/c1-7-3-8(9-4-12(17)21-6-11(9)27-14(18)19)10(5-20-7)13(25)22-15-23-24-16(28-15)29(2)26/h3-6,14H,1-2H3,(H,22,23,25). The third-order valence-electron chi connectivity index (χ3n) is 3.50. The molecule has 0 aliphatic rings. The molecule has 13 heteroatoms. The van der Waals surface area contributed by atoms with Gasteiger partial charge in [0, 0.05) is 29.3 Å². The van der Waals surface area contributed by atoms with Gasteiger partial charge >= 0.3 is 6.61 Å². The number of anilines is 1. The summed E-state index contributed by atoms with van der Waals surface area (Å²) in [6.07, 6.45) is 3.78. The highest BCUT2D eigenvalue weighted by molar-refractivity contribution is 7.86. The normalized spacial score (nSPS) is 12.1. The minimum absolute atomic E-state index is 0.0293. The number of carbonyl (C=O) groups excluding carboxylic acids is 1. The van der Waals surface area contributed by atoms with Crippen LogP contribution in [0.2, 0.25) is 5.15 Å². The third-order valence-corrected chi connectivity index (χ3v) is 5.87. The van der Waals surface area contributed by atoms with Gasteiger partial charge in [0.15, 0.2) is 5.75 Å². The maximum atomic E-state index is 12.8. The Morgan fingerprint density at radius 1 is 1.24 bits per heavy atom. The summed E-state index contributed by atoms with van der Waals surface area (Å²) in [6, 6.07) is 2.85. The molecule has 0 bridgehead atoms. The lowest BCUT2D eigenvalue weighted by Crippen LogP contribution is -2.14. The van der Waals surface area contributed by atoms with E-state index in [-0.39, 0.29) is 37.1 Å². The van der Waals surface area contributed by atoms with E-state index in [4.69, 9.17) is 11.6 Å². The molecule has 0 aromatic carbocycles. The Balaban J connectivity index is 2.03. The number of nitrogens with zero attached hydrogens (tertiary/aromatic N) is 4. The molecule has 8 nitrogen and oxygen atoms in total. The van der Waals surface area contributed by atoms with Crippen molar-refractivity contribution >= 4 is 44.8 Å². The van der Waals surface area contributed by atoms with E-state index >= 15 is 0 Å². The summed E-state index contributed by atoms with van der Waals surface area (Å²) in [6.45, 7) is -1.42. The molecular weight excluding hydrogens is 448 g/mol. The van der Waals surface area contributed by atoms with Gasteiger partial charge in [0.25, 0.3) is 5.91 Å². The van der Waals surface area contributed by atoms with Gasteiger partial charge in [-0.2, -0.15) is 8.78 Å². The Morgan fingerprint density at radius 2 is 2.00 bits per heavy atom. The average Bonchev–Trinajstić information content (AvgIpc) is 3.11. The lowest BCUT2D eigenvalue weighted by molar-refractivity contribution is -0.0496. The molecule has 3 aromatic rings. The first-order valence-electron chi connectivity index (χ1n) is 7.80. The minimum Gasteiger partial charge on any atom is -0.433 e. The number of hydrogen-bond acceptors (Lipinski definition) is 8. The number of alkyl halides is 2. The highest BCUT2D eigenvalue weighted by Crippen LogP contribution is 2.35. The van der Waals surface area contributed by atoms with Crippen LogP contribution in [-0.2, 0) is 10.8 Å². The van der Waals surface area contributed by atoms with Crippen LogP contribution >= 0.6 is 22.9 Å². The number of halogens is 3. The molecular formula is C16H12ClF2N5O3S2. The summed E-state index contributed by atoms with van der Waals surface area (Å²) >= 11 is 6.87. The second-order valence-corrected chi connectivity index (χ2v) is 8.45. The molecule has 0 spiro atoms. The molecule has 29 heavy (non-hydrogen) atoms. The Kier molecular flexibility index (Phi) is 6.45. The molecule has 0 aliphatic heterocycles. The topological polar surface area (TPSA) is 107 Å². The zero-order chi connectivity index (χ0) is 21.1. The van der Waals surface area contributed by atoms with Gasteiger partial charge < -0.3 is 4.74 Å². The van der Waals surface area contributed by atoms with Crippen molar-refractivity contribution in [3.05, 3.63) is 40.9 Å². The molecule has 1 atom stereocenters. The van der Waals surface area contributed by atoms with Crippen molar-refractivity contribution in [2.75, 3.05) is 11.6 Å². The maximum Gasteiger partial charge on any atom is 0.387 e. The van der Waals surface area contributed by atoms with E-state index in [2.05, 4.69) is 30.2 Å². The second-order valence-electron chi connectivity index (χ2n) is 5.53. The fourth-order valence-corrected chi connectivity index (χ4v) is 3.81. The molecule has 0 fully saturated rings. The molecule has 1 amide bonds. The average molecular weight is 460 g/mol. The zero-order valence-electron chi connectivity index (χ0n) is 14.9. The van der Waals surface area contributed by atoms with Crippen LogP contribution < -0.4 is 10.1 Å². The molecule has 152 valence electrons. The monoisotopic (exact) mass is 459 g/mol. The van der Waals surface area contributed by atoms with Crippen LogP contribution in [0.5, 0.6) is 5.75 Å². The Hall–Kier alpha value is -2.57. The van der Waals surface area contributed by atoms with Crippen molar-refractivity contribution in [3.63, 3.8) is 0 Å². The molecule has 3 heterocycles. The first kappa shape index (κ1) is 21.1. The lowest BCUT2D eigenvalue weighted by Gasteiger charge is -2.14. The van der Waals surface area contributed by atoms with Crippen molar-refractivity contribution in [2.24, 2.45) is 0 Å². The number of carbonyl (C=O) groups is 1. The molecule has 1 N–H and O–H groups in total. The third kappa shape index (κ3) is 5.08. The van der Waals surface area contributed by atoms with Crippen LogP contribution in [0.1, 0.15) is 16.1 Å². The summed E-state index contributed by atoms with van der Waals surface area (Å²) in [5.74, 6) is -0.864. The van der Waals surface area contributed by atoms with Gasteiger partial charge in [-0.3, -0.25) is 19.3 Å². The first-order chi connectivity index (χ1) is 13.7. The van der Waals surface area contributed by atoms with E-state index in [1.54, 1.807) is 6.92 Å². The van der Waals surface area contributed by atoms with Crippen LogP contribution in [-0.4, -0.2) is 43.1 Å². The SMILES string of the molecule is Cc1cc(-c2cc(Cl)ncc2OC(F)F)c(C(=O)Nc2nnc(S(C)=O)s2)cn1. The number of rotatable bonds is 6. The first-order valence-corrected chi connectivity index (χ1v) is 10.6. The number of aromatic nitrogens is 4. The number of nitrogens with one attached hydrogen (secondary N) is 1. The van der Waals surface area contributed by atoms with E-state index in [0.29, 0.717) is 5.69 Å². The minimum atomic E-state index is -3.09. The number of hydrogen-bond donors (Lipinski definition) is 1. The highest BCUT2D eigenvalue weighted by atomic mass is 35.5. The summed E-state index contributed by atoms with van der Waals surface area (Å²) < 4.78 is 41.8. The van der Waals surface area contributed by atoms with Gasteiger partial charge in [0.1, 0.15) is 5.15 Å². The van der Waals surface area contributed by atoms with Gasteiger partial charge in [0.05, 0.1) is 22.6 Å². The molecule has 0 saturated heterocycles. The lowest BCUT2D eigenvalue weighted by atomic mass is 10.0. The van der Waals surface area contributed by atoms with E-state index in [0.717, 1.165) is 17.5 Å². The molecule has 0 aliphatic carbocycles. The molecule has 3 aromatic heterocycles. The van der Waals surface area contributed by atoms with Crippen molar-refractivity contribution in [3.8, 4) is 16.9 Å². The van der Waals surface area contributed by atoms with Crippen LogP contribution in [0, 0.1) is 6.92 Å².